The van der Waals surface area contributed by atoms with E-state index in [4.69, 9.17) is 16.3 Å². The van der Waals surface area contributed by atoms with Crippen LogP contribution in [0.15, 0.2) is 15.6 Å². The molecule has 4 nitrogen and oxygen atoms in total. The van der Waals surface area contributed by atoms with Gasteiger partial charge in [0.1, 0.15) is 4.47 Å². The van der Waals surface area contributed by atoms with Crippen molar-refractivity contribution in [2.24, 2.45) is 5.92 Å². The van der Waals surface area contributed by atoms with E-state index in [2.05, 4.69) is 34.8 Å². The molecule has 0 saturated heterocycles. The van der Waals surface area contributed by atoms with Gasteiger partial charge in [-0.25, -0.2) is 4.98 Å². The Kier molecular flexibility index (Phi) is 6.16. The van der Waals surface area contributed by atoms with E-state index >= 15 is 0 Å². The molecule has 0 aliphatic heterocycles. The second-order valence-electron chi connectivity index (χ2n) is 4.14. The lowest BCUT2D eigenvalue weighted by Crippen LogP contribution is -2.23. The zero-order valence-corrected chi connectivity index (χ0v) is 12.3. The second kappa shape index (κ2) is 7.13. The van der Waals surface area contributed by atoms with Gasteiger partial charge in [0.15, 0.2) is 5.15 Å². The molecule has 0 amide bonds. The van der Waals surface area contributed by atoms with Crippen molar-refractivity contribution in [1.82, 2.24) is 9.55 Å². The van der Waals surface area contributed by atoms with Gasteiger partial charge in [0, 0.05) is 6.61 Å². The quantitative estimate of drug-likeness (QED) is 0.597. The molecule has 0 aliphatic carbocycles. The minimum absolute atomic E-state index is 0.183. The Labute approximate surface area is 114 Å². The molecule has 0 aromatic carbocycles. The fraction of sp³-hybridized carbons (Fsp3) is 0.636. The SMILES string of the molecule is CC(C)CCOCCn1cnc(Cl)c(Br)c1=O. The van der Waals surface area contributed by atoms with Crippen LogP contribution in [-0.2, 0) is 11.3 Å². The van der Waals surface area contributed by atoms with Crippen molar-refractivity contribution in [2.45, 2.75) is 26.8 Å². The number of aromatic nitrogens is 2. The summed E-state index contributed by atoms with van der Waals surface area (Å²) in [5, 5.41) is 0.187. The highest BCUT2D eigenvalue weighted by atomic mass is 79.9. The Morgan fingerprint density at radius 3 is 2.88 bits per heavy atom. The van der Waals surface area contributed by atoms with E-state index in [-0.39, 0.29) is 10.7 Å². The third-order valence-corrected chi connectivity index (χ3v) is 3.49. The Balaban J connectivity index is 2.43. The third kappa shape index (κ3) is 4.77. The average Bonchev–Trinajstić information content (AvgIpc) is 2.28. The number of hydrogen-bond acceptors (Lipinski definition) is 3. The van der Waals surface area contributed by atoms with Gasteiger partial charge in [-0.3, -0.25) is 9.36 Å². The number of hydrogen-bond donors (Lipinski definition) is 0. The molecule has 17 heavy (non-hydrogen) atoms. The van der Waals surface area contributed by atoms with Crippen LogP contribution in [0.5, 0.6) is 0 Å². The lowest BCUT2D eigenvalue weighted by Gasteiger charge is -2.08. The van der Waals surface area contributed by atoms with Crippen LogP contribution in [0, 0.1) is 5.92 Å². The first-order chi connectivity index (χ1) is 8.02. The summed E-state index contributed by atoms with van der Waals surface area (Å²) in [5.41, 5.74) is -0.183. The zero-order valence-electron chi connectivity index (χ0n) is 9.95. The highest BCUT2D eigenvalue weighted by molar-refractivity contribution is 9.10. The fourth-order valence-electron chi connectivity index (χ4n) is 1.19. The lowest BCUT2D eigenvalue weighted by atomic mass is 10.1. The summed E-state index contributed by atoms with van der Waals surface area (Å²) in [6.07, 6.45) is 2.46. The first kappa shape index (κ1) is 14.7. The summed E-state index contributed by atoms with van der Waals surface area (Å²) in [7, 11) is 0. The molecule has 0 spiro atoms. The smallest absolute Gasteiger partial charge is 0.269 e. The largest absolute Gasteiger partial charge is 0.380 e. The summed E-state index contributed by atoms with van der Waals surface area (Å²) in [5.74, 6) is 0.629. The zero-order chi connectivity index (χ0) is 12.8. The molecule has 0 saturated carbocycles. The Morgan fingerprint density at radius 2 is 2.24 bits per heavy atom. The predicted molar refractivity (Wildman–Crippen MR) is 71.5 cm³/mol. The van der Waals surface area contributed by atoms with Gasteiger partial charge >= 0.3 is 0 Å². The maximum absolute atomic E-state index is 11.7. The van der Waals surface area contributed by atoms with Crippen LogP contribution in [-0.4, -0.2) is 22.8 Å². The lowest BCUT2D eigenvalue weighted by molar-refractivity contribution is 0.115. The third-order valence-electron chi connectivity index (χ3n) is 2.26. The molecule has 0 bridgehead atoms. The molecule has 1 aromatic rings. The standard InChI is InChI=1S/C11H16BrClN2O2/c1-8(2)3-5-17-6-4-15-7-14-10(13)9(12)11(15)16/h7-8H,3-6H2,1-2H3. The van der Waals surface area contributed by atoms with Crippen LogP contribution in [0.4, 0.5) is 0 Å². The Bertz CT molecular complexity index is 420. The van der Waals surface area contributed by atoms with Crippen molar-refractivity contribution in [1.29, 1.82) is 0 Å². The van der Waals surface area contributed by atoms with Crippen molar-refractivity contribution in [3.8, 4) is 0 Å². The number of ether oxygens (including phenoxy) is 1. The monoisotopic (exact) mass is 322 g/mol. The molecular formula is C11H16BrClN2O2. The molecule has 0 unspecified atom stereocenters. The summed E-state index contributed by atoms with van der Waals surface area (Å²) >= 11 is 8.81. The molecule has 0 fully saturated rings. The molecule has 96 valence electrons. The van der Waals surface area contributed by atoms with Gasteiger partial charge in [-0.2, -0.15) is 0 Å². The van der Waals surface area contributed by atoms with Gasteiger partial charge in [0.05, 0.1) is 19.5 Å². The highest BCUT2D eigenvalue weighted by Gasteiger charge is 2.06. The predicted octanol–water partition coefficient (Wildman–Crippen LogP) is 2.72. The highest BCUT2D eigenvalue weighted by Crippen LogP contribution is 2.13. The Morgan fingerprint density at radius 1 is 1.53 bits per heavy atom. The molecule has 0 atom stereocenters. The fourth-order valence-corrected chi connectivity index (χ4v) is 1.64. The van der Waals surface area contributed by atoms with Crippen molar-refractivity contribution in [3.05, 3.63) is 26.3 Å². The van der Waals surface area contributed by atoms with Crippen LogP contribution in [0.2, 0.25) is 5.15 Å². The molecule has 0 N–H and O–H groups in total. The summed E-state index contributed by atoms with van der Waals surface area (Å²) < 4.78 is 7.21. The van der Waals surface area contributed by atoms with Crippen LogP contribution in [0.3, 0.4) is 0 Å². The summed E-state index contributed by atoms with van der Waals surface area (Å²) in [4.78, 5) is 15.6. The van der Waals surface area contributed by atoms with E-state index in [9.17, 15) is 4.79 Å². The minimum Gasteiger partial charge on any atom is -0.380 e. The molecule has 1 rings (SSSR count). The molecule has 0 aliphatic rings. The van der Waals surface area contributed by atoms with Crippen LogP contribution in [0.25, 0.3) is 0 Å². The van der Waals surface area contributed by atoms with E-state index in [0.29, 0.717) is 30.1 Å². The minimum atomic E-state index is -0.183. The molecular weight excluding hydrogens is 307 g/mol. The van der Waals surface area contributed by atoms with Gasteiger partial charge in [-0.1, -0.05) is 25.4 Å². The number of nitrogens with zero attached hydrogens (tertiary/aromatic N) is 2. The maximum atomic E-state index is 11.7. The van der Waals surface area contributed by atoms with E-state index in [1.165, 1.54) is 10.9 Å². The van der Waals surface area contributed by atoms with Gasteiger partial charge in [-0.05, 0) is 28.3 Å². The first-order valence-electron chi connectivity index (χ1n) is 5.50. The van der Waals surface area contributed by atoms with Gasteiger partial charge in [0.25, 0.3) is 5.56 Å². The Hall–Kier alpha value is -0.390. The van der Waals surface area contributed by atoms with Crippen molar-refractivity contribution in [2.75, 3.05) is 13.2 Å². The summed E-state index contributed by atoms with van der Waals surface area (Å²) in [6, 6.07) is 0. The molecule has 0 radical (unpaired) electrons. The second-order valence-corrected chi connectivity index (χ2v) is 5.29. The van der Waals surface area contributed by atoms with Crippen LogP contribution < -0.4 is 5.56 Å². The number of rotatable bonds is 6. The average molecular weight is 324 g/mol. The van der Waals surface area contributed by atoms with E-state index in [1.54, 1.807) is 0 Å². The van der Waals surface area contributed by atoms with Crippen LogP contribution >= 0.6 is 27.5 Å². The molecule has 1 heterocycles. The number of halogens is 2. The van der Waals surface area contributed by atoms with Gasteiger partial charge in [0.2, 0.25) is 0 Å². The van der Waals surface area contributed by atoms with Crippen molar-refractivity contribution >= 4 is 27.5 Å². The maximum Gasteiger partial charge on any atom is 0.269 e. The molecule has 6 heteroatoms. The van der Waals surface area contributed by atoms with Crippen LogP contribution in [0.1, 0.15) is 20.3 Å². The first-order valence-corrected chi connectivity index (χ1v) is 6.67. The van der Waals surface area contributed by atoms with E-state index in [0.717, 1.165) is 6.42 Å². The van der Waals surface area contributed by atoms with Gasteiger partial charge < -0.3 is 4.74 Å². The van der Waals surface area contributed by atoms with Crippen molar-refractivity contribution < 1.29 is 4.74 Å². The van der Waals surface area contributed by atoms with E-state index in [1.807, 2.05) is 0 Å². The normalized spacial score (nSPS) is 11.1. The molecule has 1 aromatic heterocycles. The van der Waals surface area contributed by atoms with Gasteiger partial charge in [-0.15, -0.1) is 0 Å². The van der Waals surface area contributed by atoms with E-state index < -0.39 is 0 Å². The topological polar surface area (TPSA) is 44.1 Å². The summed E-state index contributed by atoms with van der Waals surface area (Å²) in [6.45, 7) is 6.00. The van der Waals surface area contributed by atoms with Crippen molar-refractivity contribution in [3.63, 3.8) is 0 Å².